The van der Waals surface area contributed by atoms with Crippen LogP contribution in [-0.2, 0) is 5.41 Å². The Morgan fingerprint density at radius 1 is 1.12 bits per heavy atom. The normalized spacial score (nSPS) is 17.6. The van der Waals surface area contributed by atoms with Crippen LogP contribution in [0.5, 0.6) is 0 Å². The van der Waals surface area contributed by atoms with Gasteiger partial charge >= 0.3 is 0 Å². The summed E-state index contributed by atoms with van der Waals surface area (Å²) < 4.78 is 0. The third-order valence-corrected chi connectivity index (χ3v) is 4.02. The molecule has 1 aliphatic carbocycles. The first-order chi connectivity index (χ1) is 8.08. The standard InChI is InChI=1S/C16H25N/c1-13-8-10-14(11-9-13)16(2,3)12-17-15-6-4-5-7-15/h8-11,15,17H,4-7,12H2,1-3H3. The van der Waals surface area contributed by atoms with Crippen LogP contribution in [0.2, 0.25) is 0 Å². The molecule has 1 saturated carbocycles. The third-order valence-electron chi connectivity index (χ3n) is 4.02. The summed E-state index contributed by atoms with van der Waals surface area (Å²) in [5.41, 5.74) is 3.01. The van der Waals surface area contributed by atoms with Gasteiger partial charge in [0, 0.05) is 18.0 Å². The molecule has 1 heteroatoms. The van der Waals surface area contributed by atoms with Gasteiger partial charge in [-0.3, -0.25) is 0 Å². The van der Waals surface area contributed by atoms with E-state index < -0.39 is 0 Å². The van der Waals surface area contributed by atoms with Crippen LogP contribution in [-0.4, -0.2) is 12.6 Å². The van der Waals surface area contributed by atoms with Crippen molar-refractivity contribution >= 4 is 0 Å². The van der Waals surface area contributed by atoms with Gasteiger partial charge in [-0.15, -0.1) is 0 Å². The Hall–Kier alpha value is -0.820. The van der Waals surface area contributed by atoms with Crippen molar-refractivity contribution in [2.24, 2.45) is 0 Å². The van der Waals surface area contributed by atoms with Crippen LogP contribution in [0, 0.1) is 6.92 Å². The Labute approximate surface area is 106 Å². The maximum Gasteiger partial charge on any atom is 0.00674 e. The number of aryl methyl sites for hydroxylation is 1. The molecule has 0 heterocycles. The van der Waals surface area contributed by atoms with E-state index in [4.69, 9.17) is 0 Å². The maximum atomic E-state index is 3.73. The molecule has 1 nitrogen and oxygen atoms in total. The maximum absolute atomic E-state index is 3.73. The molecule has 1 aromatic carbocycles. The Bertz CT molecular complexity index is 344. The van der Waals surface area contributed by atoms with Gasteiger partial charge < -0.3 is 5.32 Å². The lowest BCUT2D eigenvalue weighted by Gasteiger charge is -2.28. The van der Waals surface area contributed by atoms with E-state index in [1.54, 1.807) is 0 Å². The summed E-state index contributed by atoms with van der Waals surface area (Å²) >= 11 is 0. The van der Waals surface area contributed by atoms with Crippen LogP contribution in [0.4, 0.5) is 0 Å². The summed E-state index contributed by atoms with van der Waals surface area (Å²) in [6, 6.07) is 9.73. The van der Waals surface area contributed by atoms with E-state index in [0.29, 0.717) is 0 Å². The number of benzene rings is 1. The van der Waals surface area contributed by atoms with Gasteiger partial charge in [0.2, 0.25) is 0 Å². The van der Waals surface area contributed by atoms with Gasteiger partial charge in [-0.05, 0) is 25.3 Å². The molecule has 2 rings (SSSR count). The van der Waals surface area contributed by atoms with Crippen LogP contribution < -0.4 is 5.32 Å². The Morgan fingerprint density at radius 2 is 1.71 bits per heavy atom. The van der Waals surface area contributed by atoms with E-state index in [0.717, 1.165) is 12.6 Å². The highest BCUT2D eigenvalue weighted by Crippen LogP contribution is 2.24. The Balaban J connectivity index is 1.94. The number of rotatable bonds is 4. The highest BCUT2D eigenvalue weighted by atomic mass is 14.9. The first-order valence-corrected chi connectivity index (χ1v) is 6.88. The van der Waals surface area contributed by atoms with E-state index >= 15 is 0 Å². The monoisotopic (exact) mass is 231 g/mol. The molecule has 0 amide bonds. The molecule has 0 saturated heterocycles. The second kappa shape index (κ2) is 5.22. The van der Waals surface area contributed by atoms with Crippen molar-refractivity contribution in [2.75, 3.05) is 6.54 Å². The summed E-state index contributed by atoms with van der Waals surface area (Å²) in [5, 5.41) is 3.73. The van der Waals surface area contributed by atoms with Gasteiger partial charge in [0.05, 0.1) is 0 Å². The highest BCUT2D eigenvalue weighted by molar-refractivity contribution is 5.27. The first-order valence-electron chi connectivity index (χ1n) is 6.88. The number of hydrogen-bond donors (Lipinski definition) is 1. The van der Waals surface area contributed by atoms with Gasteiger partial charge in [-0.25, -0.2) is 0 Å². The predicted octanol–water partition coefficient (Wildman–Crippen LogP) is 3.80. The Kier molecular flexibility index (Phi) is 3.88. The van der Waals surface area contributed by atoms with E-state index in [1.807, 2.05) is 0 Å². The molecule has 1 fully saturated rings. The van der Waals surface area contributed by atoms with Gasteiger partial charge in [0.15, 0.2) is 0 Å². The number of hydrogen-bond acceptors (Lipinski definition) is 1. The fraction of sp³-hybridized carbons (Fsp3) is 0.625. The first kappa shape index (κ1) is 12.6. The zero-order valence-electron chi connectivity index (χ0n) is 11.4. The minimum Gasteiger partial charge on any atom is -0.313 e. The van der Waals surface area contributed by atoms with Crippen LogP contribution in [0.3, 0.4) is 0 Å². The van der Waals surface area contributed by atoms with Crippen molar-refractivity contribution in [2.45, 2.75) is 57.9 Å². The van der Waals surface area contributed by atoms with E-state index in [-0.39, 0.29) is 5.41 Å². The van der Waals surface area contributed by atoms with Crippen LogP contribution in [0.1, 0.15) is 50.7 Å². The third kappa shape index (κ3) is 3.32. The summed E-state index contributed by atoms with van der Waals surface area (Å²) in [6.45, 7) is 7.90. The second-order valence-corrected chi connectivity index (χ2v) is 6.11. The smallest absolute Gasteiger partial charge is 0.00674 e. The van der Waals surface area contributed by atoms with Gasteiger partial charge in [-0.1, -0.05) is 56.5 Å². The quantitative estimate of drug-likeness (QED) is 0.831. The fourth-order valence-electron chi connectivity index (χ4n) is 2.64. The summed E-state index contributed by atoms with van der Waals surface area (Å²) in [7, 11) is 0. The zero-order valence-corrected chi connectivity index (χ0v) is 11.4. The lowest BCUT2D eigenvalue weighted by molar-refractivity contribution is 0.419. The highest BCUT2D eigenvalue weighted by Gasteiger charge is 2.23. The fourth-order valence-corrected chi connectivity index (χ4v) is 2.64. The zero-order chi connectivity index (χ0) is 12.3. The second-order valence-electron chi connectivity index (χ2n) is 6.11. The summed E-state index contributed by atoms with van der Waals surface area (Å²) in [6.07, 6.45) is 5.54. The molecule has 0 radical (unpaired) electrons. The van der Waals surface area contributed by atoms with Crippen LogP contribution >= 0.6 is 0 Å². The van der Waals surface area contributed by atoms with Crippen molar-refractivity contribution in [3.63, 3.8) is 0 Å². The topological polar surface area (TPSA) is 12.0 Å². The van der Waals surface area contributed by atoms with E-state index in [1.165, 1.54) is 36.8 Å². The SMILES string of the molecule is Cc1ccc(C(C)(C)CNC2CCCC2)cc1. The average Bonchev–Trinajstić information content (AvgIpc) is 2.80. The van der Waals surface area contributed by atoms with Crippen molar-refractivity contribution in [3.05, 3.63) is 35.4 Å². The summed E-state index contributed by atoms with van der Waals surface area (Å²) in [5.74, 6) is 0. The molecule has 0 aliphatic heterocycles. The van der Waals surface area contributed by atoms with Crippen molar-refractivity contribution in [3.8, 4) is 0 Å². The van der Waals surface area contributed by atoms with Crippen molar-refractivity contribution in [1.29, 1.82) is 0 Å². The molecule has 94 valence electrons. The van der Waals surface area contributed by atoms with E-state index in [9.17, 15) is 0 Å². The minimum absolute atomic E-state index is 0.232. The molecule has 0 bridgehead atoms. The molecule has 17 heavy (non-hydrogen) atoms. The van der Waals surface area contributed by atoms with E-state index in [2.05, 4.69) is 50.4 Å². The van der Waals surface area contributed by atoms with Gasteiger partial charge in [-0.2, -0.15) is 0 Å². The lowest BCUT2D eigenvalue weighted by atomic mass is 9.84. The van der Waals surface area contributed by atoms with Crippen molar-refractivity contribution in [1.82, 2.24) is 5.32 Å². The van der Waals surface area contributed by atoms with Crippen LogP contribution in [0.15, 0.2) is 24.3 Å². The number of nitrogens with one attached hydrogen (secondary N) is 1. The Morgan fingerprint density at radius 3 is 2.29 bits per heavy atom. The predicted molar refractivity (Wildman–Crippen MR) is 74.5 cm³/mol. The molecule has 1 N–H and O–H groups in total. The lowest BCUT2D eigenvalue weighted by Crippen LogP contribution is -2.38. The molecule has 0 unspecified atom stereocenters. The molecular formula is C16H25N. The molecular weight excluding hydrogens is 206 g/mol. The minimum atomic E-state index is 0.232. The van der Waals surface area contributed by atoms with Gasteiger partial charge in [0.1, 0.15) is 0 Å². The largest absolute Gasteiger partial charge is 0.313 e. The van der Waals surface area contributed by atoms with Crippen LogP contribution in [0.25, 0.3) is 0 Å². The molecule has 1 aromatic rings. The van der Waals surface area contributed by atoms with Crippen molar-refractivity contribution < 1.29 is 0 Å². The molecule has 1 aliphatic rings. The average molecular weight is 231 g/mol. The van der Waals surface area contributed by atoms with Gasteiger partial charge in [0.25, 0.3) is 0 Å². The molecule has 0 atom stereocenters. The molecule has 0 spiro atoms. The molecule has 0 aromatic heterocycles. The summed E-state index contributed by atoms with van der Waals surface area (Å²) in [4.78, 5) is 0.